The van der Waals surface area contributed by atoms with E-state index in [0.29, 0.717) is 12.1 Å². The first-order valence-electron chi connectivity index (χ1n) is 9.12. The molecule has 1 saturated heterocycles. The van der Waals surface area contributed by atoms with E-state index in [1.54, 1.807) is 4.90 Å². The standard InChI is InChI=1S/C22H22N2O3/c1-13-14(2)23-20-16(13)9-6-10-17(20)21(25)24-11-18(19(12-24)22(26)27)15-7-4-3-5-8-15/h3-10,18-19,23H,11-12H2,1-2H3,(H,26,27)/t18-,19-/m0/s1. The Morgan fingerprint density at radius 1 is 1.04 bits per heavy atom. The van der Waals surface area contributed by atoms with Crippen molar-refractivity contribution in [1.82, 2.24) is 9.88 Å². The number of H-pyrrole nitrogens is 1. The number of benzene rings is 2. The SMILES string of the molecule is Cc1[nH]c2c(C(=O)N3C[C@H](C(=O)O)[C@H](c4ccccc4)C3)cccc2c1C. The van der Waals surface area contributed by atoms with Gasteiger partial charge in [-0.1, -0.05) is 42.5 Å². The number of rotatable bonds is 3. The average Bonchev–Trinajstić information content (AvgIpc) is 3.24. The van der Waals surface area contributed by atoms with Gasteiger partial charge in [0.2, 0.25) is 0 Å². The lowest BCUT2D eigenvalue weighted by Crippen LogP contribution is -2.30. The molecule has 138 valence electrons. The van der Waals surface area contributed by atoms with E-state index >= 15 is 0 Å². The monoisotopic (exact) mass is 362 g/mol. The van der Waals surface area contributed by atoms with Crippen LogP contribution < -0.4 is 0 Å². The quantitative estimate of drug-likeness (QED) is 0.746. The summed E-state index contributed by atoms with van der Waals surface area (Å²) in [7, 11) is 0. The molecule has 1 fully saturated rings. The van der Waals surface area contributed by atoms with Crippen LogP contribution in [0.2, 0.25) is 0 Å². The van der Waals surface area contributed by atoms with Crippen LogP contribution in [0.15, 0.2) is 48.5 Å². The Hall–Kier alpha value is -3.08. The summed E-state index contributed by atoms with van der Waals surface area (Å²) < 4.78 is 0. The minimum atomic E-state index is -0.857. The number of amides is 1. The van der Waals surface area contributed by atoms with Gasteiger partial charge in [-0.25, -0.2) is 0 Å². The Kier molecular flexibility index (Phi) is 4.22. The fourth-order valence-electron chi connectivity index (χ4n) is 4.09. The summed E-state index contributed by atoms with van der Waals surface area (Å²) in [6.45, 7) is 4.66. The number of para-hydroxylation sites is 1. The summed E-state index contributed by atoms with van der Waals surface area (Å²) in [5.74, 6) is -1.77. The molecule has 4 rings (SSSR count). The van der Waals surface area contributed by atoms with Crippen molar-refractivity contribution in [2.24, 2.45) is 5.92 Å². The van der Waals surface area contributed by atoms with Crippen LogP contribution in [0.5, 0.6) is 0 Å². The number of hydrogen-bond donors (Lipinski definition) is 2. The molecular weight excluding hydrogens is 340 g/mol. The minimum Gasteiger partial charge on any atom is -0.481 e. The second-order valence-corrected chi connectivity index (χ2v) is 7.28. The first-order valence-corrected chi connectivity index (χ1v) is 9.12. The zero-order valence-corrected chi connectivity index (χ0v) is 15.4. The van der Waals surface area contributed by atoms with Gasteiger partial charge in [0.15, 0.2) is 0 Å². The van der Waals surface area contributed by atoms with Crippen molar-refractivity contribution < 1.29 is 14.7 Å². The van der Waals surface area contributed by atoms with Crippen LogP contribution in [0.4, 0.5) is 0 Å². The smallest absolute Gasteiger partial charge is 0.308 e. The molecule has 27 heavy (non-hydrogen) atoms. The molecule has 2 atom stereocenters. The van der Waals surface area contributed by atoms with Gasteiger partial charge < -0.3 is 15.0 Å². The first kappa shape index (κ1) is 17.3. The van der Waals surface area contributed by atoms with Gasteiger partial charge in [-0.15, -0.1) is 0 Å². The molecule has 1 aromatic heterocycles. The molecule has 2 heterocycles. The predicted octanol–water partition coefficient (Wildman–Crippen LogP) is 3.73. The lowest BCUT2D eigenvalue weighted by Gasteiger charge is -2.17. The molecule has 5 heteroatoms. The maximum absolute atomic E-state index is 13.2. The maximum atomic E-state index is 13.2. The number of aromatic amines is 1. The van der Waals surface area contributed by atoms with E-state index in [0.717, 1.165) is 27.7 Å². The van der Waals surface area contributed by atoms with Gasteiger partial charge in [-0.2, -0.15) is 0 Å². The summed E-state index contributed by atoms with van der Waals surface area (Å²) >= 11 is 0. The molecule has 0 spiro atoms. The van der Waals surface area contributed by atoms with Crippen LogP contribution in [0.25, 0.3) is 10.9 Å². The Balaban J connectivity index is 1.69. The number of nitrogens with zero attached hydrogens (tertiary/aromatic N) is 1. The zero-order chi connectivity index (χ0) is 19.1. The number of aliphatic carboxylic acids is 1. The van der Waals surface area contributed by atoms with Crippen LogP contribution >= 0.6 is 0 Å². The molecule has 1 aliphatic heterocycles. The van der Waals surface area contributed by atoms with Crippen LogP contribution in [-0.2, 0) is 4.79 Å². The molecule has 0 unspecified atom stereocenters. The zero-order valence-electron chi connectivity index (χ0n) is 15.4. The fourth-order valence-corrected chi connectivity index (χ4v) is 4.09. The Morgan fingerprint density at radius 3 is 2.48 bits per heavy atom. The Morgan fingerprint density at radius 2 is 1.78 bits per heavy atom. The van der Waals surface area contributed by atoms with E-state index in [-0.39, 0.29) is 18.4 Å². The summed E-state index contributed by atoms with van der Waals surface area (Å²) in [6.07, 6.45) is 0. The molecule has 3 aromatic rings. The lowest BCUT2D eigenvalue weighted by atomic mass is 9.89. The highest BCUT2D eigenvalue weighted by Crippen LogP contribution is 2.34. The number of fused-ring (bicyclic) bond motifs is 1. The Bertz CT molecular complexity index is 1020. The van der Waals surface area contributed by atoms with Crippen LogP contribution in [0.3, 0.4) is 0 Å². The van der Waals surface area contributed by atoms with Gasteiger partial charge >= 0.3 is 5.97 Å². The summed E-state index contributed by atoms with van der Waals surface area (Å²) in [6, 6.07) is 15.3. The molecule has 1 aliphatic rings. The van der Waals surface area contributed by atoms with Crippen LogP contribution in [0, 0.1) is 19.8 Å². The minimum absolute atomic E-state index is 0.119. The fraction of sp³-hybridized carbons (Fsp3) is 0.273. The van der Waals surface area contributed by atoms with E-state index in [2.05, 4.69) is 4.98 Å². The number of carboxylic acid groups (broad SMARTS) is 1. The van der Waals surface area contributed by atoms with E-state index in [1.165, 1.54) is 0 Å². The largest absolute Gasteiger partial charge is 0.481 e. The topological polar surface area (TPSA) is 73.4 Å². The molecule has 0 bridgehead atoms. The highest BCUT2D eigenvalue weighted by molar-refractivity contribution is 6.07. The highest BCUT2D eigenvalue weighted by atomic mass is 16.4. The third-order valence-electron chi connectivity index (χ3n) is 5.73. The second-order valence-electron chi connectivity index (χ2n) is 7.28. The number of carbonyl (C=O) groups is 2. The molecule has 5 nitrogen and oxygen atoms in total. The van der Waals surface area contributed by atoms with E-state index in [1.807, 2.05) is 62.4 Å². The predicted molar refractivity (Wildman–Crippen MR) is 104 cm³/mol. The average molecular weight is 362 g/mol. The molecule has 0 radical (unpaired) electrons. The van der Waals surface area contributed by atoms with Crippen molar-refractivity contribution >= 4 is 22.8 Å². The van der Waals surface area contributed by atoms with Gasteiger partial charge in [0, 0.05) is 30.1 Å². The van der Waals surface area contributed by atoms with Gasteiger partial charge in [0.05, 0.1) is 17.0 Å². The lowest BCUT2D eigenvalue weighted by molar-refractivity contribution is -0.141. The molecular formula is C22H22N2O3. The summed E-state index contributed by atoms with van der Waals surface area (Å²) in [5, 5.41) is 10.7. The molecule has 0 saturated carbocycles. The normalized spacial score (nSPS) is 19.6. The molecule has 1 amide bonds. The van der Waals surface area contributed by atoms with Gasteiger partial charge in [-0.05, 0) is 31.0 Å². The number of hydrogen-bond acceptors (Lipinski definition) is 2. The van der Waals surface area contributed by atoms with E-state index in [4.69, 9.17) is 0 Å². The highest BCUT2D eigenvalue weighted by Gasteiger charge is 2.40. The van der Waals surface area contributed by atoms with Crippen molar-refractivity contribution in [2.45, 2.75) is 19.8 Å². The third-order valence-corrected chi connectivity index (χ3v) is 5.73. The maximum Gasteiger partial charge on any atom is 0.308 e. The van der Waals surface area contributed by atoms with E-state index < -0.39 is 11.9 Å². The number of aryl methyl sites for hydroxylation is 2. The van der Waals surface area contributed by atoms with Crippen molar-refractivity contribution in [3.63, 3.8) is 0 Å². The van der Waals surface area contributed by atoms with Crippen LogP contribution in [0.1, 0.15) is 33.1 Å². The summed E-state index contributed by atoms with van der Waals surface area (Å²) in [5.41, 5.74) is 4.56. The van der Waals surface area contributed by atoms with Crippen molar-refractivity contribution in [2.75, 3.05) is 13.1 Å². The molecule has 2 aromatic carbocycles. The van der Waals surface area contributed by atoms with E-state index in [9.17, 15) is 14.7 Å². The number of carbonyl (C=O) groups excluding carboxylic acids is 1. The van der Waals surface area contributed by atoms with Crippen molar-refractivity contribution in [1.29, 1.82) is 0 Å². The van der Waals surface area contributed by atoms with Gasteiger partial charge in [-0.3, -0.25) is 9.59 Å². The third kappa shape index (κ3) is 2.89. The number of carboxylic acids is 1. The van der Waals surface area contributed by atoms with Crippen molar-refractivity contribution in [3.8, 4) is 0 Å². The van der Waals surface area contributed by atoms with Crippen molar-refractivity contribution in [3.05, 3.63) is 70.9 Å². The van der Waals surface area contributed by atoms with Crippen LogP contribution in [-0.4, -0.2) is 40.0 Å². The number of aromatic nitrogens is 1. The number of nitrogens with one attached hydrogen (secondary N) is 1. The number of likely N-dealkylation sites (tertiary alicyclic amines) is 1. The second kappa shape index (κ2) is 6.58. The van der Waals surface area contributed by atoms with Gasteiger partial charge in [0.1, 0.15) is 0 Å². The molecule has 0 aliphatic carbocycles. The Labute approximate surface area is 157 Å². The summed E-state index contributed by atoms with van der Waals surface area (Å²) in [4.78, 5) is 30.0. The van der Waals surface area contributed by atoms with Gasteiger partial charge in [0.25, 0.3) is 5.91 Å². The first-order chi connectivity index (χ1) is 13.0. The molecule has 2 N–H and O–H groups in total.